The van der Waals surface area contributed by atoms with Gasteiger partial charge in [0.15, 0.2) is 0 Å². The van der Waals surface area contributed by atoms with Crippen molar-refractivity contribution >= 4 is 33.4 Å². The maximum absolute atomic E-state index is 12.8. The Bertz CT molecular complexity index is 879. The summed E-state index contributed by atoms with van der Waals surface area (Å²) in [6.45, 7) is 3.90. The summed E-state index contributed by atoms with van der Waals surface area (Å²) in [5, 5.41) is 0. The van der Waals surface area contributed by atoms with Crippen LogP contribution in [-0.4, -0.2) is 32.7 Å². The highest BCUT2D eigenvalue weighted by Crippen LogP contribution is 2.35. The number of nitrogens with one attached hydrogen (secondary N) is 1. The highest BCUT2D eigenvalue weighted by Gasteiger charge is 2.24. The normalized spacial score (nSPS) is 16.0. The second-order valence-corrected chi connectivity index (χ2v) is 9.16. The van der Waals surface area contributed by atoms with Gasteiger partial charge >= 0.3 is 0 Å². The van der Waals surface area contributed by atoms with Gasteiger partial charge in [-0.1, -0.05) is 0 Å². The molecule has 1 aliphatic rings. The van der Waals surface area contributed by atoms with Gasteiger partial charge < -0.3 is 9.32 Å². The zero-order valence-electron chi connectivity index (χ0n) is 14.8. The average molecular weight is 395 g/mol. The molecule has 0 spiro atoms. The highest BCUT2D eigenvalue weighted by atomic mass is 32.2. The molecule has 2 heterocycles. The number of nitrogens with zero attached hydrogens (tertiary/aromatic N) is 1. The van der Waals surface area contributed by atoms with E-state index in [0.29, 0.717) is 18.7 Å². The molecular formula is C18H22N2O4S2. The van der Waals surface area contributed by atoms with E-state index in [1.54, 1.807) is 54.1 Å². The number of thioether (sulfide) groups is 1. The number of anilines is 1. The number of sulfonamides is 1. The van der Waals surface area contributed by atoms with E-state index in [1.165, 1.54) is 6.92 Å². The Balaban J connectivity index is 1.85. The molecule has 26 heavy (non-hydrogen) atoms. The van der Waals surface area contributed by atoms with Crippen molar-refractivity contribution in [1.29, 1.82) is 0 Å². The maximum Gasteiger partial charge on any atom is 0.240 e. The molecule has 0 aliphatic carbocycles. The molecule has 1 amide bonds. The Kier molecular flexibility index (Phi) is 5.74. The van der Waals surface area contributed by atoms with Gasteiger partial charge in [-0.25, -0.2) is 13.1 Å². The molecule has 6 nitrogen and oxygen atoms in total. The van der Waals surface area contributed by atoms with Crippen molar-refractivity contribution in [3.63, 3.8) is 0 Å². The molecule has 3 rings (SSSR count). The fraction of sp³-hybridized carbons (Fsp3) is 0.389. The SMILES string of the molecule is CC(=O)N1CCCSc2ccc(S(=O)(=O)NC(C)Cc3ccco3)cc21. The lowest BCUT2D eigenvalue weighted by molar-refractivity contribution is -0.116. The van der Waals surface area contributed by atoms with Gasteiger partial charge in [-0.2, -0.15) is 0 Å². The number of carbonyl (C=O) groups excluding carboxylic acids is 1. The Labute approximate surface area is 158 Å². The molecule has 1 unspecified atom stereocenters. The molecule has 1 aromatic carbocycles. The van der Waals surface area contributed by atoms with Crippen LogP contribution in [0.25, 0.3) is 0 Å². The van der Waals surface area contributed by atoms with Crippen LogP contribution in [0.15, 0.2) is 50.8 Å². The highest BCUT2D eigenvalue weighted by molar-refractivity contribution is 7.99. The van der Waals surface area contributed by atoms with Crippen LogP contribution in [0.3, 0.4) is 0 Å². The lowest BCUT2D eigenvalue weighted by Gasteiger charge is -2.22. The lowest BCUT2D eigenvalue weighted by atomic mass is 10.2. The summed E-state index contributed by atoms with van der Waals surface area (Å²) in [5.41, 5.74) is 0.668. The largest absolute Gasteiger partial charge is 0.469 e. The van der Waals surface area contributed by atoms with Crippen molar-refractivity contribution in [2.45, 2.75) is 42.5 Å². The second kappa shape index (κ2) is 7.85. The number of benzene rings is 1. The van der Waals surface area contributed by atoms with Gasteiger partial charge in [0.05, 0.1) is 16.8 Å². The first-order chi connectivity index (χ1) is 12.4. The summed E-state index contributed by atoms with van der Waals surface area (Å²) in [5.74, 6) is 1.55. The van der Waals surface area contributed by atoms with E-state index < -0.39 is 10.0 Å². The molecular weight excluding hydrogens is 372 g/mol. The Morgan fingerprint density at radius 3 is 2.88 bits per heavy atom. The first-order valence-electron chi connectivity index (χ1n) is 8.46. The van der Waals surface area contributed by atoms with Crippen LogP contribution >= 0.6 is 11.8 Å². The molecule has 1 aliphatic heterocycles. The number of fused-ring (bicyclic) bond motifs is 1. The van der Waals surface area contributed by atoms with Crippen LogP contribution in [0.2, 0.25) is 0 Å². The van der Waals surface area contributed by atoms with E-state index in [1.807, 2.05) is 6.07 Å². The van der Waals surface area contributed by atoms with Gasteiger partial charge in [0.25, 0.3) is 0 Å². The van der Waals surface area contributed by atoms with Gasteiger partial charge in [-0.15, -0.1) is 11.8 Å². The molecule has 1 aromatic heterocycles. The van der Waals surface area contributed by atoms with Crippen molar-refractivity contribution in [2.24, 2.45) is 0 Å². The fourth-order valence-electron chi connectivity index (χ4n) is 2.95. The third-order valence-corrected chi connectivity index (χ3v) is 6.88. The Hall–Kier alpha value is -1.77. The van der Waals surface area contributed by atoms with Crippen molar-refractivity contribution in [1.82, 2.24) is 4.72 Å². The molecule has 0 bridgehead atoms. The minimum absolute atomic E-state index is 0.0811. The third kappa shape index (κ3) is 4.31. The van der Waals surface area contributed by atoms with E-state index >= 15 is 0 Å². The number of furan rings is 1. The summed E-state index contributed by atoms with van der Waals surface area (Å²) in [6, 6.07) is 8.25. The zero-order chi connectivity index (χ0) is 18.7. The predicted octanol–water partition coefficient (Wildman–Crippen LogP) is 3.04. The van der Waals surface area contributed by atoms with Crippen molar-refractivity contribution < 1.29 is 17.6 Å². The minimum Gasteiger partial charge on any atom is -0.469 e. The topological polar surface area (TPSA) is 79.6 Å². The molecule has 1 atom stereocenters. The number of amides is 1. The quantitative estimate of drug-likeness (QED) is 0.843. The molecule has 140 valence electrons. The maximum atomic E-state index is 12.8. The van der Waals surface area contributed by atoms with Crippen LogP contribution in [0, 0.1) is 0 Å². The van der Waals surface area contributed by atoms with E-state index in [0.717, 1.165) is 22.8 Å². The number of carbonyl (C=O) groups is 1. The summed E-state index contributed by atoms with van der Waals surface area (Å²) < 4.78 is 33.5. The van der Waals surface area contributed by atoms with Crippen molar-refractivity contribution in [2.75, 3.05) is 17.2 Å². The smallest absolute Gasteiger partial charge is 0.240 e. The molecule has 0 fully saturated rings. The lowest BCUT2D eigenvalue weighted by Crippen LogP contribution is -2.34. The summed E-state index contributed by atoms with van der Waals surface area (Å²) in [6.07, 6.45) is 2.91. The van der Waals surface area contributed by atoms with Gasteiger partial charge in [0, 0.05) is 30.8 Å². The molecule has 0 saturated heterocycles. The van der Waals surface area contributed by atoms with Crippen LogP contribution in [0.1, 0.15) is 26.0 Å². The van der Waals surface area contributed by atoms with E-state index in [4.69, 9.17) is 4.42 Å². The van der Waals surface area contributed by atoms with Crippen LogP contribution < -0.4 is 9.62 Å². The standard InChI is InChI=1S/C18H22N2O4S2/c1-13(11-15-5-3-9-24-15)19-26(22,23)16-6-7-18-17(12-16)20(14(2)21)8-4-10-25-18/h3,5-7,9,12-13,19H,4,8,10-11H2,1-2H3. The molecule has 0 saturated carbocycles. The molecule has 2 aromatic rings. The van der Waals surface area contributed by atoms with Gasteiger partial charge in [0.2, 0.25) is 15.9 Å². The molecule has 0 radical (unpaired) electrons. The summed E-state index contributed by atoms with van der Waals surface area (Å²) >= 11 is 1.65. The summed E-state index contributed by atoms with van der Waals surface area (Å²) in [4.78, 5) is 14.7. The average Bonchev–Trinajstić information content (AvgIpc) is 2.97. The van der Waals surface area contributed by atoms with Gasteiger partial charge in [-0.3, -0.25) is 4.79 Å². The Morgan fingerprint density at radius 2 is 2.19 bits per heavy atom. The Morgan fingerprint density at radius 1 is 1.38 bits per heavy atom. The monoisotopic (exact) mass is 394 g/mol. The number of hydrogen-bond donors (Lipinski definition) is 1. The predicted molar refractivity (Wildman–Crippen MR) is 102 cm³/mol. The molecule has 1 N–H and O–H groups in total. The van der Waals surface area contributed by atoms with Crippen LogP contribution in [-0.2, 0) is 21.2 Å². The second-order valence-electron chi connectivity index (χ2n) is 6.31. The van der Waals surface area contributed by atoms with Gasteiger partial charge in [0.1, 0.15) is 5.76 Å². The number of rotatable bonds is 5. The summed E-state index contributed by atoms with van der Waals surface area (Å²) in [7, 11) is -3.70. The number of hydrogen-bond acceptors (Lipinski definition) is 5. The van der Waals surface area contributed by atoms with E-state index in [9.17, 15) is 13.2 Å². The van der Waals surface area contributed by atoms with E-state index in [2.05, 4.69) is 4.72 Å². The third-order valence-electron chi connectivity index (χ3n) is 4.14. The first-order valence-corrected chi connectivity index (χ1v) is 10.9. The zero-order valence-corrected chi connectivity index (χ0v) is 16.4. The van der Waals surface area contributed by atoms with Crippen LogP contribution in [0.4, 0.5) is 5.69 Å². The fourth-order valence-corrected chi connectivity index (χ4v) is 5.19. The molecule has 8 heteroatoms. The van der Waals surface area contributed by atoms with E-state index in [-0.39, 0.29) is 16.8 Å². The van der Waals surface area contributed by atoms with Gasteiger partial charge in [-0.05, 0) is 49.4 Å². The van der Waals surface area contributed by atoms with Crippen molar-refractivity contribution in [3.05, 3.63) is 42.4 Å². The van der Waals surface area contributed by atoms with Crippen molar-refractivity contribution in [3.8, 4) is 0 Å². The minimum atomic E-state index is -3.70. The van der Waals surface area contributed by atoms with Crippen LogP contribution in [0.5, 0.6) is 0 Å². The first kappa shape index (κ1) is 19.0.